The summed E-state index contributed by atoms with van der Waals surface area (Å²) in [6.07, 6.45) is 3.19. The fourth-order valence-corrected chi connectivity index (χ4v) is 2.00. The highest BCUT2D eigenvalue weighted by Gasteiger charge is 2.00. The van der Waals surface area contributed by atoms with Crippen molar-refractivity contribution >= 4 is 11.8 Å². The molecule has 2 nitrogen and oxygen atoms in total. The van der Waals surface area contributed by atoms with Crippen LogP contribution in [0.3, 0.4) is 0 Å². The topological polar surface area (TPSA) is 38.0 Å². The first-order valence-electron chi connectivity index (χ1n) is 5.80. The van der Waals surface area contributed by atoms with Gasteiger partial charge in [0.05, 0.1) is 0 Å². The van der Waals surface area contributed by atoms with E-state index in [1.54, 1.807) is 11.8 Å². The molecule has 90 valence electrons. The molecule has 0 spiro atoms. The summed E-state index contributed by atoms with van der Waals surface area (Å²) >= 11 is 1.78. The van der Waals surface area contributed by atoms with Gasteiger partial charge in [0.25, 0.3) is 0 Å². The van der Waals surface area contributed by atoms with E-state index in [1.165, 1.54) is 10.5 Å². The predicted molar refractivity (Wildman–Crippen MR) is 72.8 cm³/mol. The lowest BCUT2D eigenvalue weighted by Gasteiger charge is -2.11. The molecule has 0 bridgehead atoms. The highest BCUT2D eigenvalue weighted by atomic mass is 32.2. The summed E-state index contributed by atoms with van der Waals surface area (Å²) in [6, 6.07) is 8.72. The van der Waals surface area contributed by atoms with E-state index in [4.69, 9.17) is 5.73 Å². The van der Waals surface area contributed by atoms with Crippen LogP contribution in [0.5, 0.6) is 0 Å². The molecule has 0 radical (unpaired) electrons. The van der Waals surface area contributed by atoms with Crippen LogP contribution in [-0.4, -0.2) is 19.3 Å². The molecule has 1 aromatic rings. The Bertz CT molecular complexity index is 284. The molecule has 1 aromatic carbocycles. The number of rotatable bonds is 7. The molecule has 1 atom stereocenters. The van der Waals surface area contributed by atoms with E-state index in [2.05, 4.69) is 42.8 Å². The fraction of sp³-hybridized carbons (Fsp3) is 0.538. The molecule has 3 heteroatoms. The van der Waals surface area contributed by atoms with Gasteiger partial charge in [0.1, 0.15) is 0 Å². The van der Waals surface area contributed by atoms with Crippen LogP contribution in [0.15, 0.2) is 29.2 Å². The third-order valence-electron chi connectivity index (χ3n) is 2.64. The van der Waals surface area contributed by atoms with Crippen LogP contribution in [-0.2, 0) is 6.54 Å². The van der Waals surface area contributed by atoms with E-state index in [0.29, 0.717) is 5.92 Å². The number of benzene rings is 1. The van der Waals surface area contributed by atoms with Gasteiger partial charge in [-0.2, -0.15) is 0 Å². The van der Waals surface area contributed by atoms with E-state index in [9.17, 15) is 0 Å². The normalized spacial score (nSPS) is 12.7. The van der Waals surface area contributed by atoms with Crippen molar-refractivity contribution in [2.75, 3.05) is 19.3 Å². The fourth-order valence-electron chi connectivity index (χ4n) is 1.59. The predicted octanol–water partition coefficient (Wildman–Crippen LogP) is 2.48. The van der Waals surface area contributed by atoms with Gasteiger partial charge >= 0.3 is 0 Å². The van der Waals surface area contributed by atoms with Crippen molar-refractivity contribution in [1.82, 2.24) is 5.32 Å². The Kier molecular flexibility index (Phi) is 6.53. The molecule has 0 fully saturated rings. The maximum atomic E-state index is 5.51. The van der Waals surface area contributed by atoms with Crippen LogP contribution in [0.2, 0.25) is 0 Å². The van der Waals surface area contributed by atoms with Gasteiger partial charge in [-0.1, -0.05) is 19.1 Å². The molecule has 0 saturated heterocycles. The van der Waals surface area contributed by atoms with Gasteiger partial charge in [-0.25, -0.2) is 0 Å². The molecule has 3 N–H and O–H groups in total. The number of nitrogens with one attached hydrogen (secondary N) is 1. The molecule has 0 aliphatic heterocycles. The quantitative estimate of drug-likeness (QED) is 0.717. The maximum Gasteiger partial charge on any atom is 0.0205 e. The van der Waals surface area contributed by atoms with E-state index in [1.807, 2.05) is 0 Å². The van der Waals surface area contributed by atoms with Gasteiger partial charge in [0.2, 0.25) is 0 Å². The molecule has 0 saturated carbocycles. The van der Waals surface area contributed by atoms with Gasteiger partial charge < -0.3 is 11.1 Å². The summed E-state index contributed by atoms with van der Waals surface area (Å²) < 4.78 is 0. The molecule has 0 amide bonds. The largest absolute Gasteiger partial charge is 0.330 e. The third kappa shape index (κ3) is 5.01. The van der Waals surface area contributed by atoms with Crippen molar-refractivity contribution in [3.05, 3.63) is 29.8 Å². The Morgan fingerprint density at radius 1 is 1.31 bits per heavy atom. The lowest BCUT2D eigenvalue weighted by molar-refractivity contribution is 0.486. The van der Waals surface area contributed by atoms with Crippen molar-refractivity contribution in [3.8, 4) is 0 Å². The van der Waals surface area contributed by atoms with Crippen molar-refractivity contribution in [2.24, 2.45) is 11.7 Å². The third-order valence-corrected chi connectivity index (χ3v) is 3.38. The molecule has 0 heterocycles. The average molecular weight is 238 g/mol. The van der Waals surface area contributed by atoms with Gasteiger partial charge in [0, 0.05) is 11.4 Å². The first kappa shape index (κ1) is 13.6. The SMILES string of the molecule is CSc1ccc(CNCC(C)CCN)cc1. The maximum absolute atomic E-state index is 5.51. The molecule has 1 unspecified atom stereocenters. The standard InChI is InChI=1S/C13H22N2S/c1-11(7-8-14)9-15-10-12-3-5-13(16-2)6-4-12/h3-6,11,15H,7-10,14H2,1-2H3. The van der Waals surface area contributed by atoms with Gasteiger partial charge in [-0.3, -0.25) is 0 Å². The lowest BCUT2D eigenvalue weighted by atomic mass is 10.1. The summed E-state index contributed by atoms with van der Waals surface area (Å²) in [5.74, 6) is 0.662. The van der Waals surface area contributed by atoms with E-state index in [0.717, 1.165) is 26.1 Å². The molecule has 16 heavy (non-hydrogen) atoms. The van der Waals surface area contributed by atoms with Crippen LogP contribution in [0.4, 0.5) is 0 Å². The molecule has 0 aliphatic carbocycles. The minimum atomic E-state index is 0.662. The summed E-state index contributed by atoms with van der Waals surface area (Å²) in [4.78, 5) is 1.32. The lowest BCUT2D eigenvalue weighted by Crippen LogP contribution is -2.22. The van der Waals surface area contributed by atoms with Crippen LogP contribution in [0, 0.1) is 5.92 Å². The zero-order chi connectivity index (χ0) is 11.8. The highest BCUT2D eigenvalue weighted by Crippen LogP contribution is 2.14. The minimum Gasteiger partial charge on any atom is -0.330 e. The zero-order valence-corrected chi connectivity index (χ0v) is 11.0. The number of hydrogen-bond acceptors (Lipinski definition) is 3. The zero-order valence-electron chi connectivity index (χ0n) is 10.2. The number of thioether (sulfide) groups is 1. The summed E-state index contributed by atoms with van der Waals surface area (Å²) in [6.45, 7) is 5.01. The monoisotopic (exact) mass is 238 g/mol. The average Bonchev–Trinajstić information content (AvgIpc) is 2.30. The molecule has 1 rings (SSSR count). The Balaban J connectivity index is 2.26. The second-order valence-corrected chi connectivity index (χ2v) is 5.04. The van der Waals surface area contributed by atoms with Crippen LogP contribution >= 0.6 is 11.8 Å². The molecular formula is C13H22N2S. The van der Waals surface area contributed by atoms with E-state index >= 15 is 0 Å². The molecule has 0 aliphatic rings. The van der Waals surface area contributed by atoms with E-state index < -0.39 is 0 Å². The Morgan fingerprint density at radius 3 is 2.56 bits per heavy atom. The Hall–Kier alpha value is -0.510. The minimum absolute atomic E-state index is 0.662. The molecule has 0 aromatic heterocycles. The van der Waals surface area contributed by atoms with Gasteiger partial charge in [-0.05, 0) is 49.4 Å². The molecular weight excluding hydrogens is 216 g/mol. The number of nitrogens with two attached hydrogens (primary N) is 1. The summed E-state index contributed by atoms with van der Waals surface area (Å²) in [5.41, 5.74) is 6.86. The Labute approximate surface area is 103 Å². The summed E-state index contributed by atoms with van der Waals surface area (Å²) in [7, 11) is 0. The Morgan fingerprint density at radius 2 is 2.00 bits per heavy atom. The second-order valence-electron chi connectivity index (χ2n) is 4.16. The first-order valence-corrected chi connectivity index (χ1v) is 7.02. The van der Waals surface area contributed by atoms with Gasteiger partial charge in [-0.15, -0.1) is 11.8 Å². The smallest absolute Gasteiger partial charge is 0.0205 e. The van der Waals surface area contributed by atoms with Crippen molar-refractivity contribution in [1.29, 1.82) is 0 Å². The van der Waals surface area contributed by atoms with E-state index in [-0.39, 0.29) is 0 Å². The van der Waals surface area contributed by atoms with Crippen LogP contribution in [0.1, 0.15) is 18.9 Å². The first-order chi connectivity index (χ1) is 7.76. The van der Waals surface area contributed by atoms with Crippen molar-refractivity contribution < 1.29 is 0 Å². The van der Waals surface area contributed by atoms with Crippen LogP contribution in [0.25, 0.3) is 0 Å². The van der Waals surface area contributed by atoms with Gasteiger partial charge in [0.15, 0.2) is 0 Å². The second kappa shape index (κ2) is 7.71. The summed E-state index contributed by atoms with van der Waals surface area (Å²) in [5, 5.41) is 3.46. The van der Waals surface area contributed by atoms with Crippen molar-refractivity contribution in [2.45, 2.75) is 24.8 Å². The highest BCUT2D eigenvalue weighted by molar-refractivity contribution is 7.98. The van der Waals surface area contributed by atoms with Crippen molar-refractivity contribution in [3.63, 3.8) is 0 Å². The number of hydrogen-bond donors (Lipinski definition) is 2. The van der Waals surface area contributed by atoms with Crippen LogP contribution < -0.4 is 11.1 Å².